The molecule has 3 saturated heterocycles. The molecule has 14 atom stereocenters. The molecule has 0 aromatic carbocycles. The first-order chi connectivity index (χ1) is 28.8. The molecule has 32 heteroatoms. The molecule has 0 radical (unpaired) electrons. The third kappa shape index (κ3) is 9.02. The zero-order chi connectivity index (χ0) is 44.1. The van der Waals surface area contributed by atoms with Gasteiger partial charge in [-0.1, -0.05) is 0 Å². The fourth-order valence-corrected chi connectivity index (χ4v) is 8.77. The van der Waals surface area contributed by atoms with E-state index in [1.807, 2.05) is 4.98 Å². The topological polar surface area (TPSA) is 435 Å². The van der Waals surface area contributed by atoms with E-state index in [4.69, 9.17) is 48.5 Å². The first kappa shape index (κ1) is 44.5. The number of ether oxygens (including phenoxy) is 4. The van der Waals surface area contributed by atoms with Crippen LogP contribution in [0, 0.1) is 0 Å². The number of aliphatic hydroxyl groups excluding tert-OH is 4. The van der Waals surface area contributed by atoms with Crippen LogP contribution in [0.1, 0.15) is 18.7 Å². The molecule has 0 saturated carbocycles. The van der Waals surface area contributed by atoms with Gasteiger partial charge < -0.3 is 60.6 Å². The Morgan fingerprint density at radius 3 is 2.05 bits per heavy atom. The summed E-state index contributed by atoms with van der Waals surface area (Å²) >= 11 is 0. The van der Waals surface area contributed by atoms with Crippen molar-refractivity contribution in [3.05, 3.63) is 72.5 Å². The number of nitrogens with two attached hydrogens (primary N) is 2. The zero-order valence-corrected chi connectivity index (χ0v) is 32.9. The van der Waals surface area contributed by atoms with Crippen molar-refractivity contribution in [1.29, 1.82) is 0 Å². The van der Waals surface area contributed by atoms with Gasteiger partial charge in [0, 0.05) is 25.6 Å². The predicted octanol–water partition coefficient (Wildman–Crippen LogP) is -5.12. The summed E-state index contributed by atoms with van der Waals surface area (Å²) in [5.74, 6) is -0.417. The number of nitrogens with zero attached hydrogens (tertiary/aromatic N) is 6. The van der Waals surface area contributed by atoms with Crippen LogP contribution in [0.2, 0.25) is 0 Å². The summed E-state index contributed by atoms with van der Waals surface area (Å²) in [6.07, 6.45) is -16.8. The Labute approximate surface area is 338 Å². The summed E-state index contributed by atoms with van der Waals surface area (Å²) in [6, 6.07) is 2.09. The summed E-state index contributed by atoms with van der Waals surface area (Å²) in [4.78, 5) is 86.4. The summed E-state index contributed by atoms with van der Waals surface area (Å²) in [7, 11) is -9.56. The fraction of sp³-hybridized carbons (Fsp3) is 0.552. The number of nitrogen functional groups attached to an aromatic ring is 2. The van der Waals surface area contributed by atoms with Gasteiger partial charge in [0.2, 0.25) is 5.95 Å². The van der Waals surface area contributed by atoms with Crippen molar-refractivity contribution in [3.8, 4) is 0 Å². The molecule has 0 amide bonds. The largest absolute Gasteiger partial charge is 0.472 e. The van der Waals surface area contributed by atoms with Crippen molar-refractivity contribution in [1.82, 2.24) is 38.6 Å². The van der Waals surface area contributed by atoms with Crippen LogP contribution in [0.3, 0.4) is 0 Å². The van der Waals surface area contributed by atoms with Crippen LogP contribution in [-0.4, -0.2) is 151 Å². The maximum absolute atomic E-state index is 13.5. The van der Waals surface area contributed by atoms with E-state index < -0.39 is 132 Å². The van der Waals surface area contributed by atoms with Gasteiger partial charge in [0.05, 0.1) is 26.1 Å². The normalized spacial score (nSPS) is 32.3. The summed E-state index contributed by atoms with van der Waals surface area (Å²) < 4.78 is 72.7. The molecular formula is C29H38N10O20P2. The molecule has 30 nitrogen and oxygen atoms in total. The van der Waals surface area contributed by atoms with Gasteiger partial charge in [-0.3, -0.25) is 51.4 Å². The molecule has 4 aromatic rings. The number of methoxy groups -OCH3 is 1. The van der Waals surface area contributed by atoms with Gasteiger partial charge in [-0.2, -0.15) is 9.97 Å². The maximum Gasteiger partial charge on any atom is 0.472 e. The van der Waals surface area contributed by atoms with Crippen molar-refractivity contribution >= 4 is 38.6 Å². The van der Waals surface area contributed by atoms with Crippen molar-refractivity contribution in [3.63, 3.8) is 0 Å². The lowest BCUT2D eigenvalue weighted by Crippen LogP contribution is -2.39. The number of nitrogens with one attached hydrogen (secondary N) is 2. The van der Waals surface area contributed by atoms with Crippen molar-refractivity contribution < 1.29 is 76.4 Å². The zero-order valence-electron chi connectivity index (χ0n) is 31.1. The van der Waals surface area contributed by atoms with E-state index >= 15 is 0 Å². The third-order valence-corrected chi connectivity index (χ3v) is 11.6. The highest BCUT2D eigenvalue weighted by Crippen LogP contribution is 2.52. The molecule has 3 aliphatic rings. The average molecular weight is 909 g/mol. The molecular weight excluding hydrogens is 870 g/mol. The van der Waals surface area contributed by atoms with E-state index in [-0.39, 0.29) is 22.9 Å². The Balaban J connectivity index is 1.07. The highest BCUT2D eigenvalue weighted by atomic mass is 31.2. The minimum absolute atomic E-state index is 0.0698. The smallest absolute Gasteiger partial charge is 0.394 e. The highest BCUT2D eigenvalue weighted by Gasteiger charge is 2.53. The number of fused-ring (bicyclic) bond motifs is 1. The minimum atomic E-state index is -5.41. The highest BCUT2D eigenvalue weighted by molar-refractivity contribution is 7.47. The van der Waals surface area contributed by atoms with Crippen molar-refractivity contribution in [2.75, 3.05) is 38.4 Å². The van der Waals surface area contributed by atoms with Gasteiger partial charge in [0.15, 0.2) is 29.8 Å². The van der Waals surface area contributed by atoms with Gasteiger partial charge in [-0.25, -0.2) is 23.7 Å². The number of aliphatic hydroxyl groups is 4. The lowest BCUT2D eigenvalue weighted by atomic mass is 10.1. The molecule has 7 rings (SSSR count). The number of hydrogen-bond donors (Lipinski definition) is 10. The van der Waals surface area contributed by atoms with Gasteiger partial charge >= 0.3 is 27.0 Å². The number of hydrogen-bond acceptors (Lipinski definition) is 23. The van der Waals surface area contributed by atoms with E-state index in [1.165, 1.54) is 17.7 Å². The lowest BCUT2D eigenvalue weighted by molar-refractivity contribution is -0.0644. The van der Waals surface area contributed by atoms with E-state index in [0.717, 1.165) is 29.4 Å². The molecule has 7 heterocycles. The molecule has 2 unspecified atom stereocenters. The monoisotopic (exact) mass is 908 g/mol. The molecule has 61 heavy (non-hydrogen) atoms. The van der Waals surface area contributed by atoms with Crippen LogP contribution in [-0.2, 0) is 46.2 Å². The summed E-state index contributed by atoms with van der Waals surface area (Å²) in [5.41, 5.74) is 7.37. The number of anilines is 2. The van der Waals surface area contributed by atoms with Crippen LogP contribution < -0.4 is 34.0 Å². The number of phosphoric ester groups is 2. The molecule has 334 valence electrons. The first-order valence-electron chi connectivity index (χ1n) is 17.7. The second kappa shape index (κ2) is 17.3. The Morgan fingerprint density at radius 2 is 1.39 bits per heavy atom. The molecule has 3 aliphatic heterocycles. The standard InChI is InChI=1S/C29H38N10O20P2/c1-52-21-20(10(6-40)55-26(21)39-9-32-15-22(39)35-27(31)36-23(15)45)59-61(50,51)54-8-12-19(18(44)25(57-12)38-5-3-14(41)34-29(38)47)58-60(48,49)53-7-11-16(42)17(43)24(56-11)37-4-2-13(30)33-28(37)46/h2-5,9-12,16-21,24-26,40,42-44H,6-8H2,1H3,(H,48,49)(H,50,51)(H2,30,33,46)(H,34,41,47)(H3,31,35,36,45)/t10-,11-,12-,16-,17-,18-,19-,20-,21-,24-,25-,26-/m1/s1. The number of phosphoric acid groups is 2. The number of aromatic amines is 2. The van der Waals surface area contributed by atoms with E-state index in [0.29, 0.717) is 4.57 Å². The molecule has 0 aliphatic carbocycles. The van der Waals surface area contributed by atoms with Gasteiger partial charge in [0.25, 0.3) is 11.1 Å². The van der Waals surface area contributed by atoms with Crippen LogP contribution in [0.15, 0.2) is 50.0 Å². The SMILES string of the molecule is CO[C@@H]1[C@H](OP(=O)(O)OC[C@H]2O[C@@H](n3ccc(=O)[nH]c3=O)[C@H](O)[C@@H]2OP(=O)(O)OC[C@H]2O[C@@H](n3ccc(N)nc3=O)[C@H](O)[C@@H]2O)[C@@H](CO)O[C@H]1n1cnc2c(=O)[nH]c(N)nc21. The number of imidazole rings is 1. The van der Waals surface area contributed by atoms with Gasteiger partial charge in [0.1, 0.15) is 60.8 Å². The van der Waals surface area contributed by atoms with Crippen LogP contribution in [0.5, 0.6) is 0 Å². The molecule has 3 fully saturated rings. The molecule has 0 spiro atoms. The van der Waals surface area contributed by atoms with Crippen LogP contribution in [0.25, 0.3) is 11.2 Å². The van der Waals surface area contributed by atoms with Crippen molar-refractivity contribution in [2.24, 2.45) is 0 Å². The third-order valence-electron chi connectivity index (χ3n) is 9.67. The second-order valence-corrected chi connectivity index (χ2v) is 16.4. The number of H-pyrrole nitrogens is 2. The average Bonchev–Trinajstić information content (AvgIpc) is 3.92. The van der Waals surface area contributed by atoms with E-state index in [9.17, 15) is 58.5 Å². The maximum atomic E-state index is 13.5. The Hall–Kier alpha value is -4.59. The molecule has 0 bridgehead atoms. The minimum Gasteiger partial charge on any atom is -0.394 e. The number of aromatic nitrogens is 8. The Morgan fingerprint density at radius 1 is 0.770 bits per heavy atom. The quantitative estimate of drug-likeness (QED) is 0.0499. The summed E-state index contributed by atoms with van der Waals surface area (Å²) in [5, 5.41) is 42.5. The lowest BCUT2D eigenvalue weighted by Gasteiger charge is -2.26. The molecule has 4 aromatic heterocycles. The van der Waals surface area contributed by atoms with Gasteiger partial charge in [-0.05, 0) is 6.07 Å². The van der Waals surface area contributed by atoms with Crippen LogP contribution >= 0.6 is 15.6 Å². The van der Waals surface area contributed by atoms with Crippen molar-refractivity contribution in [2.45, 2.75) is 73.6 Å². The Kier molecular flexibility index (Phi) is 12.6. The summed E-state index contributed by atoms with van der Waals surface area (Å²) in [6.45, 7) is -2.87. The van der Waals surface area contributed by atoms with Crippen LogP contribution in [0.4, 0.5) is 11.8 Å². The second-order valence-electron chi connectivity index (χ2n) is 13.6. The molecule has 12 N–H and O–H groups in total. The fourth-order valence-electron chi connectivity index (χ4n) is 6.85. The van der Waals surface area contributed by atoms with E-state index in [1.54, 1.807) is 0 Å². The Bertz CT molecular complexity index is 2590. The number of rotatable bonds is 15. The van der Waals surface area contributed by atoms with Gasteiger partial charge in [-0.15, -0.1) is 0 Å². The van der Waals surface area contributed by atoms with E-state index in [2.05, 4.69) is 19.9 Å². The first-order valence-corrected chi connectivity index (χ1v) is 20.6. The predicted molar refractivity (Wildman–Crippen MR) is 196 cm³/mol.